The number of rotatable bonds is 3. The quantitative estimate of drug-likeness (QED) is 0.826. The van der Waals surface area contributed by atoms with E-state index in [9.17, 15) is 0 Å². The molecular formula is C11H14N4. The summed E-state index contributed by atoms with van der Waals surface area (Å²) in [6.07, 6.45) is 1.71. The third kappa shape index (κ3) is 1.83. The van der Waals surface area contributed by atoms with Crippen molar-refractivity contribution in [3.05, 3.63) is 30.6 Å². The lowest BCUT2D eigenvalue weighted by molar-refractivity contribution is 0.919. The van der Waals surface area contributed by atoms with Gasteiger partial charge in [-0.2, -0.15) is 0 Å². The third-order valence-electron chi connectivity index (χ3n) is 2.25. The van der Waals surface area contributed by atoms with Gasteiger partial charge in [0.1, 0.15) is 6.33 Å². The highest BCUT2D eigenvalue weighted by Gasteiger charge is 2.08. The zero-order valence-corrected chi connectivity index (χ0v) is 8.94. The number of para-hydroxylation sites is 1. The fourth-order valence-corrected chi connectivity index (χ4v) is 1.55. The fourth-order valence-electron chi connectivity index (χ4n) is 1.55. The first kappa shape index (κ1) is 9.71. The van der Waals surface area contributed by atoms with Crippen molar-refractivity contribution in [1.82, 2.24) is 14.8 Å². The Hall–Kier alpha value is -1.84. The molecule has 1 N–H and O–H groups in total. The largest absolute Gasteiger partial charge is 0.385 e. The molecule has 0 aliphatic carbocycles. The molecule has 0 atom stereocenters. The summed E-state index contributed by atoms with van der Waals surface area (Å²) in [5, 5.41) is 11.3. The third-order valence-corrected chi connectivity index (χ3v) is 2.25. The van der Waals surface area contributed by atoms with Crippen LogP contribution in [0.3, 0.4) is 0 Å². The molecule has 0 bridgehead atoms. The van der Waals surface area contributed by atoms with E-state index in [4.69, 9.17) is 0 Å². The lowest BCUT2D eigenvalue weighted by Crippen LogP contribution is -2.00. The van der Waals surface area contributed by atoms with Crippen LogP contribution in [0.15, 0.2) is 30.6 Å². The molecule has 78 valence electrons. The Bertz CT molecular complexity index is 447. The number of aromatic nitrogens is 3. The van der Waals surface area contributed by atoms with Gasteiger partial charge in [0.25, 0.3) is 0 Å². The van der Waals surface area contributed by atoms with Crippen LogP contribution in [-0.2, 0) is 7.05 Å². The molecule has 4 nitrogen and oxygen atoms in total. The smallest absolute Gasteiger partial charge is 0.165 e. The van der Waals surface area contributed by atoms with Gasteiger partial charge in [0.15, 0.2) is 5.82 Å². The molecule has 0 saturated heterocycles. The topological polar surface area (TPSA) is 42.7 Å². The highest BCUT2D eigenvalue weighted by atomic mass is 15.2. The van der Waals surface area contributed by atoms with Crippen molar-refractivity contribution < 1.29 is 0 Å². The van der Waals surface area contributed by atoms with E-state index in [-0.39, 0.29) is 0 Å². The number of anilines is 1. The van der Waals surface area contributed by atoms with Gasteiger partial charge in [-0.15, -0.1) is 10.2 Å². The van der Waals surface area contributed by atoms with E-state index < -0.39 is 0 Å². The molecule has 1 aromatic carbocycles. The number of aryl methyl sites for hydroxylation is 1. The fraction of sp³-hybridized carbons (Fsp3) is 0.273. The van der Waals surface area contributed by atoms with Gasteiger partial charge < -0.3 is 9.88 Å². The number of nitrogens with zero attached hydrogens (tertiary/aromatic N) is 3. The first-order valence-electron chi connectivity index (χ1n) is 5.00. The molecule has 0 amide bonds. The van der Waals surface area contributed by atoms with Gasteiger partial charge >= 0.3 is 0 Å². The molecular weight excluding hydrogens is 188 g/mol. The van der Waals surface area contributed by atoms with Crippen LogP contribution >= 0.6 is 0 Å². The Morgan fingerprint density at radius 2 is 2.13 bits per heavy atom. The number of hydrogen-bond donors (Lipinski definition) is 1. The maximum Gasteiger partial charge on any atom is 0.165 e. The number of nitrogens with one attached hydrogen (secondary N) is 1. The van der Waals surface area contributed by atoms with Crippen LogP contribution in [0.1, 0.15) is 6.92 Å². The minimum atomic E-state index is 0.881. The molecule has 0 spiro atoms. The zero-order chi connectivity index (χ0) is 10.7. The minimum absolute atomic E-state index is 0.881. The average Bonchev–Trinajstić information content (AvgIpc) is 2.66. The van der Waals surface area contributed by atoms with Crippen LogP contribution in [0, 0.1) is 0 Å². The van der Waals surface area contributed by atoms with E-state index in [1.807, 2.05) is 35.9 Å². The molecule has 0 unspecified atom stereocenters. The normalized spacial score (nSPS) is 10.3. The van der Waals surface area contributed by atoms with E-state index in [0.717, 1.165) is 23.6 Å². The molecule has 0 radical (unpaired) electrons. The van der Waals surface area contributed by atoms with Gasteiger partial charge in [-0.05, 0) is 19.1 Å². The van der Waals surface area contributed by atoms with Gasteiger partial charge in [0.05, 0.1) is 0 Å². The van der Waals surface area contributed by atoms with Crippen molar-refractivity contribution >= 4 is 5.69 Å². The maximum atomic E-state index is 4.10. The van der Waals surface area contributed by atoms with Crippen LogP contribution in [0.4, 0.5) is 5.69 Å². The van der Waals surface area contributed by atoms with Crippen molar-refractivity contribution in [2.75, 3.05) is 11.9 Å². The number of benzene rings is 1. The van der Waals surface area contributed by atoms with Gasteiger partial charge in [-0.25, -0.2) is 0 Å². The minimum Gasteiger partial charge on any atom is -0.385 e. The standard InChI is InChI=1S/C11H14N4/c1-3-12-10-7-5-4-6-9(10)11-14-13-8-15(11)2/h4-8,12H,3H2,1-2H3. The molecule has 1 aromatic heterocycles. The summed E-state index contributed by atoms with van der Waals surface area (Å²) >= 11 is 0. The van der Waals surface area contributed by atoms with E-state index in [0.29, 0.717) is 0 Å². The van der Waals surface area contributed by atoms with E-state index >= 15 is 0 Å². The van der Waals surface area contributed by atoms with Crippen molar-refractivity contribution in [2.24, 2.45) is 7.05 Å². The predicted molar refractivity (Wildman–Crippen MR) is 60.6 cm³/mol. The average molecular weight is 202 g/mol. The van der Waals surface area contributed by atoms with Gasteiger partial charge in [-0.1, -0.05) is 12.1 Å². The van der Waals surface area contributed by atoms with Crippen LogP contribution < -0.4 is 5.32 Å². The predicted octanol–water partition coefficient (Wildman–Crippen LogP) is 1.91. The van der Waals surface area contributed by atoms with Crippen molar-refractivity contribution in [2.45, 2.75) is 6.92 Å². The summed E-state index contributed by atoms with van der Waals surface area (Å²) < 4.78 is 1.91. The molecule has 2 rings (SSSR count). The SMILES string of the molecule is CCNc1ccccc1-c1nncn1C. The zero-order valence-electron chi connectivity index (χ0n) is 8.94. The first-order chi connectivity index (χ1) is 7.33. The Balaban J connectivity index is 2.48. The number of hydrogen-bond acceptors (Lipinski definition) is 3. The second kappa shape index (κ2) is 4.13. The van der Waals surface area contributed by atoms with Crippen LogP contribution in [0.5, 0.6) is 0 Å². The second-order valence-electron chi connectivity index (χ2n) is 3.34. The summed E-state index contributed by atoms with van der Waals surface area (Å²) in [5.74, 6) is 0.881. The monoisotopic (exact) mass is 202 g/mol. The van der Waals surface area contributed by atoms with E-state index in [2.05, 4.69) is 22.4 Å². The Morgan fingerprint density at radius 3 is 2.80 bits per heavy atom. The lowest BCUT2D eigenvalue weighted by Gasteiger charge is -2.09. The molecule has 1 heterocycles. The maximum absolute atomic E-state index is 4.10. The highest BCUT2D eigenvalue weighted by Crippen LogP contribution is 2.24. The van der Waals surface area contributed by atoms with E-state index in [1.165, 1.54) is 0 Å². The van der Waals surface area contributed by atoms with E-state index in [1.54, 1.807) is 6.33 Å². The highest BCUT2D eigenvalue weighted by molar-refractivity contribution is 5.73. The summed E-state index contributed by atoms with van der Waals surface area (Å²) in [7, 11) is 1.94. The molecule has 0 saturated carbocycles. The van der Waals surface area contributed by atoms with Gasteiger partial charge in [-0.3, -0.25) is 0 Å². The van der Waals surface area contributed by atoms with Crippen molar-refractivity contribution in [1.29, 1.82) is 0 Å². The van der Waals surface area contributed by atoms with Crippen molar-refractivity contribution in [3.63, 3.8) is 0 Å². The molecule has 15 heavy (non-hydrogen) atoms. The Kier molecular flexibility index (Phi) is 2.67. The summed E-state index contributed by atoms with van der Waals surface area (Å²) in [5.41, 5.74) is 2.18. The Morgan fingerprint density at radius 1 is 1.33 bits per heavy atom. The second-order valence-corrected chi connectivity index (χ2v) is 3.34. The van der Waals surface area contributed by atoms with Gasteiger partial charge in [0.2, 0.25) is 0 Å². The molecule has 0 aliphatic rings. The summed E-state index contributed by atoms with van der Waals surface area (Å²) in [6, 6.07) is 8.11. The van der Waals surface area contributed by atoms with Crippen LogP contribution in [0.2, 0.25) is 0 Å². The summed E-state index contributed by atoms with van der Waals surface area (Å²) in [4.78, 5) is 0. The van der Waals surface area contributed by atoms with Crippen molar-refractivity contribution in [3.8, 4) is 11.4 Å². The van der Waals surface area contributed by atoms with Crippen LogP contribution in [-0.4, -0.2) is 21.3 Å². The Labute approximate surface area is 89.0 Å². The first-order valence-corrected chi connectivity index (χ1v) is 5.00. The van der Waals surface area contributed by atoms with Crippen LogP contribution in [0.25, 0.3) is 11.4 Å². The molecule has 4 heteroatoms. The van der Waals surface area contributed by atoms with Gasteiger partial charge in [0, 0.05) is 24.8 Å². The summed E-state index contributed by atoms with van der Waals surface area (Å²) in [6.45, 7) is 2.97. The molecule has 2 aromatic rings. The molecule has 0 aliphatic heterocycles. The lowest BCUT2D eigenvalue weighted by atomic mass is 10.1. The molecule has 0 fully saturated rings.